The highest BCUT2D eigenvalue weighted by molar-refractivity contribution is 6.30. The molecule has 0 radical (unpaired) electrons. The molecule has 1 heterocycles. The molecule has 3 nitrogen and oxygen atoms in total. The lowest BCUT2D eigenvalue weighted by molar-refractivity contribution is 0.0906. The van der Waals surface area contributed by atoms with Gasteiger partial charge >= 0.3 is 0 Å². The Hall–Kier alpha value is -2.59. The molecule has 0 atom stereocenters. The molecule has 1 aliphatic carbocycles. The van der Waals surface area contributed by atoms with Gasteiger partial charge in [0.2, 0.25) is 0 Å². The van der Waals surface area contributed by atoms with Gasteiger partial charge < -0.3 is 5.43 Å². The summed E-state index contributed by atoms with van der Waals surface area (Å²) in [7, 11) is 0. The van der Waals surface area contributed by atoms with Crippen LogP contribution in [0.3, 0.4) is 0 Å². The Kier molecular flexibility index (Phi) is 4.88. The molecule has 1 N–H and O–H groups in total. The topological polar surface area (TPSA) is 18.5 Å². The molecule has 1 aliphatic heterocycles. The summed E-state index contributed by atoms with van der Waals surface area (Å²) in [5.74, 6) is 0. The molecule has 0 spiro atoms. The van der Waals surface area contributed by atoms with Crippen molar-refractivity contribution in [3.63, 3.8) is 0 Å². The van der Waals surface area contributed by atoms with E-state index in [0.717, 1.165) is 42.5 Å². The highest BCUT2D eigenvalue weighted by atomic mass is 35.5. The number of nitrogens with zero attached hydrogens (tertiary/aromatic N) is 2. The van der Waals surface area contributed by atoms with E-state index in [4.69, 9.17) is 11.6 Å². The van der Waals surface area contributed by atoms with Gasteiger partial charge in [-0.1, -0.05) is 78.8 Å². The monoisotopic (exact) mass is 401 g/mol. The molecule has 4 heteroatoms. The fourth-order valence-electron chi connectivity index (χ4n) is 4.52. The first-order valence-corrected chi connectivity index (χ1v) is 10.5. The molecule has 5 rings (SSSR count). The first-order chi connectivity index (χ1) is 14.2. The van der Waals surface area contributed by atoms with Crippen LogP contribution in [-0.4, -0.2) is 36.1 Å². The van der Waals surface area contributed by atoms with Crippen LogP contribution < -0.4 is 5.43 Å². The molecule has 146 valence electrons. The summed E-state index contributed by atoms with van der Waals surface area (Å²) in [5.41, 5.74) is 11.1. The summed E-state index contributed by atoms with van der Waals surface area (Å²) in [4.78, 5) is 2.61. The smallest absolute Gasteiger partial charge is 0.0614 e. The van der Waals surface area contributed by atoms with Crippen LogP contribution in [0.4, 0.5) is 0 Å². The van der Waals surface area contributed by atoms with Gasteiger partial charge in [-0.25, -0.2) is 5.01 Å². The van der Waals surface area contributed by atoms with Gasteiger partial charge in [0.1, 0.15) is 0 Å². The molecule has 1 saturated heterocycles. The first-order valence-electron chi connectivity index (χ1n) is 10.1. The molecule has 0 saturated carbocycles. The third kappa shape index (κ3) is 3.46. The van der Waals surface area contributed by atoms with Gasteiger partial charge in [0, 0.05) is 36.9 Å². The average Bonchev–Trinajstić information content (AvgIpc) is 3.09. The highest BCUT2D eigenvalue weighted by Gasteiger charge is 2.34. The minimum absolute atomic E-state index is 0.351. The lowest BCUT2D eigenvalue weighted by atomic mass is 10.0. The second-order valence-electron chi connectivity index (χ2n) is 7.70. The van der Waals surface area contributed by atoms with Gasteiger partial charge in [-0.05, 0) is 39.9 Å². The molecule has 3 aromatic rings. The van der Waals surface area contributed by atoms with Crippen molar-refractivity contribution in [1.29, 1.82) is 0 Å². The van der Waals surface area contributed by atoms with Gasteiger partial charge in [0.25, 0.3) is 0 Å². The van der Waals surface area contributed by atoms with E-state index in [0.29, 0.717) is 6.04 Å². The van der Waals surface area contributed by atoms with Crippen molar-refractivity contribution in [2.45, 2.75) is 6.04 Å². The maximum absolute atomic E-state index is 5.99. The van der Waals surface area contributed by atoms with Crippen LogP contribution in [0, 0.1) is 0 Å². The molecule has 29 heavy (non-hydrogen) atoms. The van der Waals surface area contributed by atoms with Gasteiger partial charge in [-0.3, -0.25) is 4.90 Å². The Labute approximate surface area is 177 Å². The van der Waals surface area contributed by atoms with E-state index in [1.54, 1.807) is 0 Å². The van der Waals surface area contributed by atoms with Crippen LogP contribution in [0.25, 0.3) is 16.8 Å². The maximum atomic E-state index is 5.99. The predicted octanol–water partition coefficient (Wildman–Crippen LogP) is 5.20. The van der Waals surface area contributed by atoms with Gasteiger partial charge in [0.05, 0.1) is 6.04 Å². The van der Waals surface area contributed by atoms with Crippen LogP contribution in [0.2, 0.25) is 5.02 Å². The Bertz CT molecular complexity index is 990. The second kappa shape index (κ2) is 7.68. The van der Waals surface area contributed by atoms with E-state index < -0.39 is 0 Å². The number of hydrogen-bond acceptors (Lipinski definition) is 3. The van der Waals surface area contributed by atoms with Crippen molar-refractivity contribution >= 4 is 17.3 Å². The first kappa shape index (κ1) is 18.4. The van der Waals surface area contributed by atoms with Crippen molar-refractivity contribution < 1.29 is 0 Å². The van der Waals surface area contributed by atoms with E-state index in [1.165, 1.54) is 22.3 Å². The molecule has 1 fully saturated rings. The zero-order chi connectivity index (χ0) is 19.8. The minimum atomic E-state index is 0.351. The van der Waals surface area contributed by atoms with Crippen molar-refractivity contribution in [3.05, 3.63) is 101 Å². The highest BCUT2D eigenvalue weighted by Crippen LogP contribution is 2.46. The fraction of sp³-hybridized carbons (Fsp3) is 0.200. The summed E-state index contributed by atoms with van der Waals surface area (Å²) in [6.45, 7) is 8.12. The van der Waals surface area contributed by atoms with E-state index in [-0.39, 0.29) is 0 Å². The van der Waals surface area contributed by atoms with Crippen molar-refractivity contribution in [2.75, 3.05) is 26.2 Å². The molecule has 0 amide bonds. The SMILES string of the molecule is C=C(NN1CCN(C2c3ccccc3-c3ccccc32)CC1)c1ccc(Cl)cc1. The minimum Gasteiger partial charge on any atom is -0.319 e. The Balaban J connectivity index is 1.29. The van der Waals surface area contributed by atoms with Crippen LogP contribution in [0.5, 0.6) is 0 Å². The van der Waals surface area contributed by atoms with Crippen LogP contribution in [-0.2, 0) is 0 Å². The molecule has 0 aromatic heterocycles. The van der Waals surface area contributed by atoms with Crippen LogP contribution in [0.1, 0.15) is 22.7 Å². The second-order valence-corrected chi connectivity index (χ2v) is 8.13. The number of rotatable bonds is 4. The average molecular weight is 402 g/mol. The van der Waals surface area contributed by atoms with Crippen molar-refractivity contribution in [3.8, 4) is 11.1 Å². The number of halogens is 1. The van der Waals surface area contributed by atoms with Gasteiger partial charge in [0.15, 0.2) is 0 Å². The quantitative estimate of drug-likeness (QED) is 0.648. The van der Waals surface area contributed by atoms with Gasteiger partial charge in [-0.2, -0.15) is 0 Å². The van der Waals surface area contributed by atoms with Crippen molar-refractivity contribution in [2.24, 2.45) is 0 Å². The van der Waals surface area contributed by atoms with E-state index in [2.05, 4.69) is 70.4 Å². The Morgan fingerprint density at radius 2 is 1.34 bits per heavy atom. The fourth-order valence-corrected chi connectivity index (χ4v) is 4.65. The zero-order valence-electron chi connectivity index (χ0n) is 16.3. The lowest BCUT2D eigenvalue weighted by Crippen LogP contribution is -2.51. The van der Waals surface area contributed by atoms with E-state index in [9.17, 15) is 0 Å². The normalized spacial score (nSPS) is 17.0. The third-order valence-corrected chi connectivity index (χ3v) is 6.22. The predicted molar refractivity (Wildman–Crippen MR) is 120 cm³/mol. The summed E-state index contributed by atoms with van der Waals surface area (Å²) < 4.78 is 0. The molecule has 0 unspecified atom stereocenters. The largest absolute Gasteiger partial charge is 0.319 e. The number of hydrazine groups is 1. The Morgan fingerprint density at radius 3 is 1.93 bits per heavy atom. The maximum Gasteiger partial charge on any atom is 0.0614 e. The molecular formula is C25H24ClN3. The summed E-state index contributed by atoms with van der Waals surface area (Å²) in [5, 5.41) is 3.01. The number of hydrogen-bond donors (Lipinski definition) is 1. The Morgan fingerprint density at radius 1 is 0.793 bits per heavy atom. The number of nitrogens with one attached hydrogen (secondary N) is 1. The summed E-state index contributed by atoms with van der Waals surface area (Å²) in [6, 6.07) is 25.8. The number of benzene rings is 3. The zero-order valence-corrected chi connectivity index (χ0v) is 17.1. The van der Waals surface area contributed by atoms with E-state index >= 15 is 0 Å². The lowest BCUT2D eigenvalue weighted by Gasteiger charge is -2.39. The molecule has 3 aromatic carbocycles. The van der Waals surface area contributed by atoms with E-state index in [1.807, 2.05) is 24.3 Å². The molecule has 0 bridgehead atoms. The van der Waals surface area contributed by atoms with Gasteiger partial charge in [-0.15, -0.1) is 0 Å². The summed E-state index contributed by atoms with van der Waals surface area (Å²) in [6.07, 6.45) is 0. The van der Waals surface area contributed by atoms with Crippen molar-refractivity contribution in [1.82, 2.24) is 15.3 Å². The molecular weight excluding hydrogens is 378 g/mol. The number of piperazine rings is 1. The van der Waals surface area contributed by atoms with Crippen LogP contribution >= 0.6 is 11.6 Å². The van der Waals surface area contributed by atoms with Crippen LogP contribution in [0.15, 0.2) is 79.4 Å². The standard InChI is InChI=1S/C25H24ClN3/c1-18(19-10-12-20(26)13-11-19)27-29-16-14-28(15-17-29)25-23-8-4-2-6-21(23)22-7-3-5-9-24(22)25/h2-13,25,27H,1,14-17H2. The molecule has 2 aliphatic rings. The summed E-state index contributed by atoms with van der Waals surface area (Å²) >= 11 is 5.99. The number of fused-ring (bicyclic) bond motifs is 3. The third-order valence-electron chi connectivity index (χ3n) is 5.97.